The van der Waals surface area contributed by atoms with E-state index >= 15 is 0 Å². The number of carbonyl (C=O) groups is 1. The highest BCUT2D eigenvalue weighted by atomic mass is 35.5. The van der Waals surface area contributed by atoms with E-state index in [0.29, 0.717) is 4.58 Å². The molecule has 21 heavy (non-hydrogen) atoms. The first-order valence-corrected chi connectivity index (χ1v) is 9.30. The molecule has 6 heteroatoms. The molecular weight excluding hydrogens is 324 g/mol. The fourth-order valence-electron chi connectivity index (χ4n) is 2.62. The number of carbonyl (C=O) groups excluding carboxylic acids is 1. The van der Waals surface area contributed by atoms with Crippen molar-refractivity contribution >= 4 is 47.5 Å². The summed E-state index contributed by atoms with van der Waals surface area (Å²) in [6, 6.07) is 8.27. The van der Waals surface area contributed by atoms with Crippen LogP contribution in [0.15, 0.2) is 24.3 Å². The molecule has 2 aliphatic heterocycles. The number of benzene rings is 1. The van der Waals surface area contributed by atoms with Crippen LogP contribution < -0.4 is 10.6 Å². The molecule has 1 amide bonds. The van der Waals surface area contributed by atoms with Crippen molar-refractivity contribution in [3.8, 4) is 0 Å². The Balaban J connectivity index is 0.00000161. The molecule has 2 heterocycles. The van der Waals surface area contributed by atoms with Gasteiger partial charge in [0.2, 0.25) is 5.91 Å². The van der Waals surface area contributed by atoms with Crippen LogP contribution in [0.25, 0.3) is 0 Å². The third kappa shape index (κ3) is 4.55. The third-order valence-corrected chi connectivity index (χ3v) is 6.78. The standard InChI is InChI=1S/C15H20N2OS2.ClH/c18-14(13-6-1-2-7-16-13)17-12-5-3-4-11(10-12)15-19-8-9-20-15;/h3-5,10,13,15-16H,1-2,6-9H2,(H,17,18);1H. The van der Waals surface area contributed by atoms with E-state index in [0.717, 1.165) is 25.1 Å². The highest BCUT2D eigenvalue weighted by Crippen LogP contribution is 2.45. The van der Waals surface area contributed by atoms with Crippen LogP contribution in [-0.2, 0) is 4.79 Å². The van der Waals surface area contributed by atoms with Gasteiger partial charge in [-0.1, -0.05) is 18.6 Å². The zero-order chi connectivity index (χ0) is 13.8. The summed E-state index contributed by atoms with van der Waals surface area (Å²) in [5, 5.41) is 6.34. The van der Waals surface area contributed by atoms with Gasteiger partial charge in [-0.25, -0.2) is 0 Å². The number of amides is 1. The van der Waals surface area contributed by atoms with Crippen LogP contribution >= 0.6 is 35.9 Å². The van der Waals surface area contributed by atoms with Gasteiger partial charge in [0.15, 0.2) is 0 Å². The molecule has 0 spiro atoms. The monoisotopic (exact) mass is 344 g/mol. The van der Waals surface area contributed by atoms with Crippen LogP contribution in [0.5, 0.6) is 0 Å². The van der Waals surface area contributed by atoms with Gasteiger partial charge in [0.25, 0.3) is 0 Å². The number of rotatable bonds is 3. The van der Waals surface area contributed by atoms with E-state index in [4.69, 9.17) is 0 Å². The van der Waals surface area contributed by atoms with Crippen molar-refractivity contribution in [2.75, 3.05) is 23.4 Å². The minimum Gasteiger partial charge on any atom is -0.325 e. The smallest absolute Gasteiger partial charge is 0.241 e. The van der Waals surface area contributed by atoms with Crippen LogP contribution in [0.3, 0.4) is 0 Å². The summed E-state index contributed by atoms with van der Waals surface area (Å²) in [4.78, 5) is 12.2. The molecule has 1 aromatic rings. The number of hydrogen-bond acceptors (Lipinski definition) is 4. The lowest BCUT2D eigenvalue weighted by molar-refractivity contribution is -0.118. The maximum atomic E-state index is 12.2. The van der Waals surface area contributed by atoms with E-state index in [1.807, 2.05) is 35.7 Å². The largest absolute Gasteiger partial charge is 0.325 e. The van der Waals surface area contributed by atoms with E-state index in [-0.39, 0.29) is 24.4 Å². The molecule has 2 N–H and O–H groups in total. The van der Waals surface area contributed by atoms with Crippen molar-refractivity contribution in [3.63, 3.8) is 0 Å². The van der Waals surface area contributed by atoms with Crippen molar-refractivity contribution in [3.05, 3.63) is 29.8 Å². The van der Waals surface area contributed by atoms with Crippen molar-refractivity contribution in [1.29, 1.82) is 0 Å². The molecular formula is C15H21ClN2OS2. The van der Waals surface area contributed by atoms with Gasteiger partial charge in [0.1, 0.15) is 0 Å². The lowest BCUT2D eigenvalue weighted by Crippen LogP contribution is -2.43. The van der Waals surface area contributed by atoms with Gasteiger partial charge in [0, 0.05) is 17.2 Å². The quantitative estimate of drug-likeness (QED) is 0.877. The summed E-state index contributed by atoms with van der Waals surface area (Å²) in [7, 11) is 0. The Labute approximate surface area is 140 Å². The maximum Gasteiger partial charge on any atom is 0.241 e. The highest BCUT2D eigenvalue weighted by Gasteiger charge is 2.21. The minimum atomic E-state index is -0.0253. The lowest BCUT2D eigenvalue weighted by atomic mass is 10.0. The molecule has 2 fully saturated rings. The number of nitrogens with one attached hydrogen (secondary N) is 2. The summed E-state index contributed by atoms with van der Waals surface area (Å²) in [5.74, 6) is 2.55. The second kappa shape index (κ2) is 8.32. The van der Waals surface area contributed by atoms with Gasteiger partial charge in [-0.3, -0.25) is 4.79 Å². The average molecular weight is 345 g/mol. The zero-order valence-corrected chi connectivity index (χ0v) is 14.3. The first kappa shape index (κ1) is 17.0. The third-order valence-electron chi connectivity index (χ3n) is 3.67. The molecule has 0 radical (unpaired) electrons. The molecule has 1 atom stereocenters. The van der Waals surface area contributed by atoms with E-state index in [9.17, 15) is 4.79 Å². The van der Waals surface area contributed by atoms with Gasteiger partial charge in [-0.15, -0.1) is 35.9 Å². The first-order valence-electron chi connectivity index (χ1n) is 7.20. The zero-order valence-electron chi connectivity index (χ0n) is 11.8. The molecule has 3 nitrogen and oxygen atoms in total. The van der Waals surface area contributed by atoms with E-state index in [1.54, 1.807) is 0 Å². The minimum absolute atomic E-state index is 0. The second-order valence-corrected chi connectivity index (χ2v) is 7.92. The predicted molar refractivity (Wildman–Crippen MR) is 95.6 cm³/mol. The number of anilines is 1. The van der Waals surface area contributed by atoms with Gasteiger partial charge >= 0.3 is 0 Å². The average Bonchev–Trinajstić information content (AvgIpc) is 3.03. The highest BCUT2D eigenvalue weighted by molar-refractivity contribution is 8.19. The molecule has 1 unspecified atom stereocenters. The molecule has 0 aromatic heterocycles. The Kier molecular flexibility index (Phi) is 6.74. The van der Waals surface area contributed by atoms with Crippen molar-refractivity contribution in [1.82, 2.24) is 5.32 Å². The maximum absolute atomic E-state index is 12.2. The fourth-order valence-corrected chi connectivity index (χ4v) is 5.46. The van der Waals surface area contributed by atoms with Crippen LogP contribution in [0.2, 0.25) is 0 Å². The van der Waals surface area contributed by atoms with Crippen LogP contribution in [-0.4, -0.2) is 30.0 Å². The van der Waals surface area contributed by atoms with E-state index in [2.05, 4.69) is 22.8 Å². The molecule has 0 saturated carbocycles. The van der Waals surface area contributed by atoms with Gasteiger partial charge in [-0.2, -0.15) is 0 Å². The number of hydrogen-bond donors (Lipinski definition) is 2. The second-order valence-electron chi connectivity index (χ2n) is 5.19. The van der Waals surface area contributed by atoms with Crippen molar-refractivity contribution in [2.45, 2.75) is 29.9 Å². The molecule has 1 aromatic carbocycles. The summed E-state index contributed by atoms with van der Waals surface area (Å²) in [5.41, 5.74) is 2.24. The Morgan fingerprint density at radius 2 is 2.05 bits per heavy atom. The molecule has 3 rings (SSSR count). The van der Waals surface area contributed by atoms with Gasteiger partial charge in [-0.05, 0) is 37.1 Å². The molecule has 116 valence electrons. The summed E-state index contributed by atoms with van der Waals surface area (Å²) in [6.07, 6.45) is 3.26. The normalized spacial score (nSPS) is 22.6. The summed E-state index contributed by atoms with van der Waals surface area (Å²) >= 11 is 3.98. The number of thioether (sulfide) groups is 2. The molecule has 2 saturated heterocycles. The SMILES string of the molecule is Cl.O=C(Nc1cccc(C2SCCS2)c1)C1CCCCN1. The Bertz CT molecular complexity index is 474. The van der Waals surface area contributed by atoms with Crippen LogP contribution in [0.4, 0.5) is 5.69 Å². The summed E-state index contributed by atoms with van der Waals surface area (Å²) < 4.78 is 0.527. The molecule has 0 bridgehead atoms. The predicted octanol–water partition coefficient (Wildman–Crippen LogP) is 3.67. The molecule has 2 aliphatic rings. The Hall–Kier alpha value is -0.360. The first-order chi connectivity index (χ1) is 9.83. The van der Waals surface area contributed by atoms with Crippen molar-refractivity contribution in [2.24, 2.45) is 0 Å². The van der Waals surface area contributed by atoms with E-state index in [1.165, 1.54) is 23.5 Å². The van der Waals surface area contributed by atoms with E-state index < -0.39 is 0 Å². The van der Waals surface area contributed by atoms with Crippen molar-refractivity contribution < 1.29 is 4.79 Å². The fraction of sp³-hybridized carbons (Fsp3) is 0.533. The topological polar surface area (TPSA) is 41.1 Å². The Morgan fingerprint density at radius 3 is 2.76 bits per heavy atom. The van der Waals surface area contributed by atoms with Crippen LogP contribution in [0, 0.1) is 0 Å². The number of piperidine rings is 1. The lowest BCUT2D eigenvalue weighted by Gasteiger charge is -2.22. The summed E-state index contributed by atoms with van der Waals surface area (Å²) in [6.45, 7) is 0.952. The van der Waals surface area contributed by atoms with Crippen LogP contribution in [0.1, 0.15) is 29.4 Å². The van der Waals surface area contributed by atoms with Gasteiger partial charge in [0.05, 0.1) is 10.6 Å². The Morgan fingerprint density at radius 1 is 1.24 bits per heavy atom. The molecule has 0 aliphatic carbocycles. The van der Waals surface area contributed by atoms with Gasteiger partial charge < -0.3 is 10.6 Å². The number of halogens is 1.